The van der Waals surface area contributed by atoms with E-state index >= 15 is 0 Å². The molecule has 0 unspecified atom stereocenters. The molecular weight excluding hydrogens is 240 g/mol. The lowest BCUT2D eigenvalue weighted by atomic mass is 10.2. The molecule has 0 aliphatic carbocycles. The molecule has 3 nitrogen and oxygen atoms in total. The summed E-state index contributed by atoms with van der Waals surface area (Å²) in [6, 6.07) is 14.0. The number of rotatable bonds is 3. The zero-order chi connectivity index (χ0) is 12.3. The number of hydrogen-bond acceptors (Lipinski definition) is 3. The van der Waals surface area contributed by atoms with Gasteiger partial charge in [0.1, 0.15) is 11.5 Å². The molecule has 0 heterocycles. The second kappa shape index (κ2) is 5.19. The van der Waals surface area contributed by atoms with Crippen LogP contribution in [0.3, 0.4) is 0 Å². The Morgan fingerprint density at radius 2 is 1.65 bits per heavy atom. The quantitative estimate of drug-likeness (QED) is 0.823. The van der Waals surface area contributed by atoms with Gasteiger partial charge in [0.25, 0.3) is 0 Å². The summed E-state index contributed by atoms with van der Waals surface area (Å²) < 4.78 is 5.55. The molecule has 4 heteroatoms. The van der Waals surface area contributed by atoms with Crippen LogP contribution in [-0.4, -0.2) is 10.2 Å². The summed E-state index contributed by atoms with van der Waals surface area (Å²) in [5, 5.41) is 18.3. The van der Waals surface area contributed by atoms with Gasteiger partial charge in [-0.15, -0.1) is 0 Å². The first-order valence-electron chi connectivity index (χ1n) is 5.05. The number of halogens is 1. The molecule has 17 heavy (non-hydrogen) atoms. The standard InChI is InChI=1S/C13H11ClO3/c14-12-8-10(6-7-11(12)13(15)16)17-9-4-2-1-3-5-9/h1-8,13,15-16H. The Morgan fingerprint density at radius 3 is 2.24 bits per heavy atom. The molecule has 0 bridgehead atoms. The van der Waals surface area contributed by atoms with E-state index < -0.39 is 6.29 Å². The minimum atomic E-state index is -1.58. The Morgan fingerprint density at radius 1 is 0.941 bits per heavy atom. The lowest BCUT2D eigenvalue weighted by Gasteiger charge is -2.09. The van der Waals surface area contributed by atoms with Gasteiger partial charge in [0.2, 0.25) is 0 Å². The molecule has 2 aromatic rings. The molecule has 0 aliphatic heterocycles. The predicted molar refractivity (Wildman–Crippen MR) is 65.1 cm³/mol. The minimum Gasteiger partial charge on any atom is -0.457 e. The van der Waals surface area contributed by atoms with Crippen LogP contribution >= 0.6 is 11.6 Å². The third-order valence-electron chi connectivity index (χ3n) is 2.23. The molecule has 2 rings (SSSR count). The second-order valence-corrected chi connectivity index (χ2v) is 3.88. The van der Waals surface area contributed by atoms with Gasteiger partial charge in [0.05, 0.1) is 5.02 Å². The monoisotopic (exact) mass is 250 g/mol. The van der Waals surface area contributed by atoms with Crippen molar-refractivity contribution >= 4 is 11.6 Å². The molecule has 0 atom stereocenters. The molecule has 0 amide bonds. The topological polar surface area (TPSA) is 49.7 Å². The molecule has 88 valence electrons. The van der Waals surface area contributed by atoms with E-state index in [1.54, 1.807) is 12.1 Å². The SMILES string of the molecule is OC(O)c1ccc(Oc2ccccc2)cc1Cl. The largest absolute Gasteiger partial charge is 0.457 e. The van der Waals surface area contributed by atoms with E-state index in [2.05, 4.69) is 0 Å². The normalized spacial score (nSPS) is 10.6. The van der Waals surface area contributed by atoms with Crippen LogP contribution in [0.5, 0.6) is 11.5 Å². The van der Waals surface area contributed by atoms with E-state index in [9.17, 15) is 0 Å². The fourth-order valence-corrected chi connectivity index (χ4v) is 1.67. The van der Waals surface area contributed by atoms with Crippen molar-refractivity contribution in [1.82, 2.24) is 0 Å². The van der Waals surface area contributed by atoms with Gasteiger partial charge in [-0.05, 0) is 30.3 Å². The number of para-hydroxylation sites is 1. The Kier molecular flexibility index (Phi) is 3.64. The molecule has 0 spiro atoms. The lowest BCUT2D eigenvalue weighted by Crippen LogP contribution is -1.96. The van der Waals surface area contributed by atoms with Crippen molar-refractivity contribution in [2.24, 2.45) is 0 Å². The number of aliphatic hydroxyl groups is 2. The van der Waals surface area contributed by atoms with Crippen LogP contribution in [0, 0.1) is 0 Å². The van der Waals surface area contributed by atoms with Gasteiger partial charge in [0.15, 0.2) is 6.29 Å². The van der Waals surface area contributed by atoms with Gasteiger partial charge in [-0.25, -0.2) is 0 Å². The summed E-state index contributed by atoms with van der Waals surface area (Å²) in [4.78, 5) is 0. The first kappa shape index (κ1) is 11.9. The highest BCUT2D eigenvalue weighted by atomic mass is 35.5. The number of aliphatic hydroxyl groups excluding tert-OH is 1. The predicted octanol–water partition coefficient (Wildman–Crippen LogP) is 3.12. The van der Waals surface area contributed by atoms with Crippen molar-refractivity contribution in [3.05, 3.63) is 59.1 Å². The van der Waals surface area contributed by atoms with E-state index in [4.69, 9.17) is 26.6 Å². The number of benzene rings is 2. The number of hydrogen-bond donors (Lipinski definition) is 2. The molecule has 2 aromatic carbocycles. The summed E-state index contributed by atoms with van der Waals surface area (Å²) >= 11 is 5.89. The van der Waals surface area contributed by atoms with Gasteiger partial charge < -0.3 is 14.9 Å². The van der Waals surface area contributed by atoms with E-state index in [0.717, 1.165) is 0 Å². The Balaban J connectivity index is 2.21. The smallest absolute Gasteiger partial charge is 0.179 e. The maximum Gasteiger partial charge on any atom is 0.179 e. The van der Waals surface area contributed by atoms with Crippen LogP contribution in [0.25, 0.3) is 0 Å². The molecule has 0 saturated heterocycles. The van der Waals surface area contributed by atoms with Crippen molar-refractivity contribution in [3.63, 3.8) is 0 Å². The van der Waals surface area contributed by atoms with E-state index in [1.165, 1.54) is 6.07 Å². The summed E-state index contributed by atoms with van der Waals surface area (Å²) in [6.07, 6.45) is -1.58. The molecule has 0 fully saturated rings. The van der Waals surface area contributed by atoms with E-state index in [1.807, 2.05) is 30.3 Å². The zero-order valence-corrected chi connectivity index (χ0v) is 9.63. The van der Waals surface area contributed by atoms with Crippen LogP contribution in [0.1, 0.15) is 11.9 Å². The van der Waals surface area contributed by atoms with Crippen LogP contribution < -0.4 is 4.74 Å². The first-order chi connectivity index (χ1) is 8.16. The second-order valence-electron chi connectivity index (χ2n) is 3.47. The molecular formula is C13H11ClO3. The summed E-state index contributed by atoms with van der Waals surface area (Å²) in [7, 11) is 0. The van der Waals surface area contributed by atoms with Crippen molar-refractivity contribution in [2.45, 2.75) is 6.29 Å². The maximum absolute atomic E-state index is 9.02. The highest BCUT2D eigenvalue weighted by molar-refractivity contribution is 6.31. The Bertz CT molecular complexity index is 497. The highest BCUT2D eigenvalue weighted by Crippen LogP contribution is 2.29. The summed E-state index contributed by atoms with van der Waals surface area (Å²) in [5.41, 5.74) is 0.257. The van der Waals surface area contributed by atoms with Crippen molar-refractivity contribution < 1.29 is 14.9 Å². The van der Waals surface area contributed by atoms with E-state index in [0.29, 0.717) is 11.5 Å². The van der Waals surface area contributed by atoms with Gasteiger partial charge in [-0.1, -0.05) is 29.8 Å². The van der Waals surface area contributed by atoms with Gasteiger partial charge >= 0.3 is 0 Å². The summed E-state index contributed by atoms with van der Waals surface area (Å²) in [5.74, 6) is 1.24. The zero-order valence-electron chi connectivity index (χ0n) is 8.88. The van der Waals surface area contributed by atoms with Crippen LogP contribution in [0.4, 0.5) is 0 Å². The Labute approximate surface area is 104 Å². The molecule has 0 radical (unpaired) electrons. The van der Waals surface area contributed by atoms with E-state index in [-0.39, 0.29) is 10.6 Å². The Hall–Kier alpha value is -1.55. The van der Waals surface area contributed by atoms with Crippen molar-refractivity contribution in [1.29, 1.82) is 0 Å². The fourth-order valence-electron chi connectivity index (χ4n) is 1.41. The first-order valence-corrected chi connectivity index (χ1v) is 5.43. The van der Waals surface area contributed by atoms with Gasteiger partial charge in [-0.2, -0.15) is 0 Å². The lowest BCUT2D eigenvalue weighted by molar-refractivity contribution is -0.0424. The van der Waals surface area contributed by atoms with Crippen molar-refractivity contribution in [2.75, 3.05) is 0 Å². The third-order valence-corrected chi connectivity index (χ3v) is 2.56. The third kappa shape index (κ3) is 2.97. The van der Waals surface area contributed by atoms with Gasteiger partial charge in [0, 0.05) is 5.56 Å². The molecule has 0 aliphatic rings. The van der Waals surface area contributed by atoms with Gasteiger partial charge in [-0.3, -0.25) is 0 Å². The molecule has 0 saturated carbocycles. The fraction of sp³-hybridized carbons (Fsp3) is 0.0769. The maximum atomic E-state index is 9.02. The van der Waals surface area contributed by atoms with Crippen LogP contribution in [0.15, 0.2) is 48.5 Å². The van der Waals surface area contributed by atoms with Crippen LogP contribution in [-0.2, 0) is 0 Å². The van der Waals surface area contributed by atoms with Crippen molar-refractivity contribution in [3.8, 4) is 11.5 Å². The minimum absolute atomic E-state index is 0.257. The average Bonchev–Trinajstić information content (AvgIpc) is 2.30. The highest BCUT2D eigenvalue weighted by Gasteiger charge is 2.09. The van der Waals surface area contributed by atoms with Crippen LogP contribution in [0.2, 0.25) is 5.02 Å². The average molecular weight is 251 g/mol. The summed E-state index contributed by atoms with van der Waals surface area (Å²) in [6.45, 7) is 0. The molecule has 2 N–H and O–H groups in total. The molecule has 0 aromatic heterocycles. The number of ether oxygens (including phenoxy) is 1.